The summed E-state index contributed by atoms with van der Waals surface area (Å²) in [7, 11) is 0. The first-order valence-corrected chi connectivity index (χ1v) is 7.69. The van der Waals surface area contributed by atoms with Crippen molar-refractivity contribution < 1.29 is 4.79 Å². The van der Waals surface area contributed by atoms with Gasteiger partial charge in [0.15, 0.2) is 0 Å². The van der Waals surface area contributed by atoms with Crippen LogP contribution in [0.2, 0.25) is 0 Å². The molecule has 0 bridgehead atoms. The molecular weight excluding hydrogens is 224 g/mol. The Morgan fingerprint density at radius 1 is 1.33 bits per heavy atom. The van der Waals surface area contributed by atoms with Gasteiger partial charge in [0.05, 0.1) is 0 Å². The molecule has 1 aliphatic rings. The van der Waals surface area contributed by atoms with Crippen molar-refractivity contribution in [3.63, 3.8) is 0 Å². The topological polar surface area (TPSA) is 55.1 Å². The third-order valence-electron chi connectivity index (χ3n) is 4.10. The molecule has 3 heteroatoms. The highest BCUT2D eigenvalue weighted by molar-refractivity contribution is 5.75. The standard InChI is InChI=1S/C15H30N2O/c1-13(12-16)6-5-11-17-15(18)10-9-14-7-3-2-4-8-14/h13-14H,2-12,16H2,1H3,(H,17,18). The first-order chi connectivity index (χ1) is 8.72. The fourth-order valence-electron chi connectivity index (χ4n) is 2.70. The zero-order chi connectivity index (χ0) is 13.2. The molecule has 1 fully saturated rings. The molecule has 1 saturated carbocycles. The van der Waals surface area contributed by atoms with E-state index in [0.29, 0.717) is 5.92 Å². The van der Waals surface area contributed by atoms with Gasteiger partial charge >= 0.3 is 0 Å². The van der Waals surface area contributed by atoms with Gasteiger partial charge in [0.1, 0.15) is 0 Å². The summed E-state index contributed by atoms with van der Waals surface area (Å²) in [6.07, 6.45) is 10.8. The molecule has 0 radical (unpaired) electrons. The zero-order valence-corrected chi connectivity index (χ0v) is 11.9. The summed E-state index contributed by atoms with van der Waals surface area (Å²) >= 11 is 0. The van der Waals surface area contributed by atoms with Crippen molar-refractivity contribution in [3.05, 3.63) is 0 Å². The Balaban J connectivity index is 1.96. The Bertz CT molecular complexity index is 225. The van der Waals surface area contributed by atoms with Crippen LogP contribution in [0.25, 0.3) is 0 Å². The average Bonchev–Trinajstić information content (AvgIpc) is 2.42. The molecule has 106 valence electrons. The molecule has 1 unspecified atom stereocenters. The van der Waals surface area contributed by atoms with Crippen LogP contribution in [0.1, 0.15) is 64.7 Å². The molecule has 0 saturated heterocycles. The first kappa shape index (κ1) is 15.5. The van der Waals surface area contributed by atoms with E-state index in [9.17, 15) is 4.79 Å². The van der Waals surface area contributed by atoms with Gasteiger partial charge in [0.2, 0.25) is 5.91 Å². The van der Waals surface area contributed by atoms with Crippen LogP contribution in [0.15, 0.2) is 0 Å². The fourth-order valence-corrected chi connectivity index (χ4v) is 2.70. The molecule has 0 aromatic heterocycles. The number of nitrogens with one attached hydrogen (secondary N) is 1. The summed E-state index contributed by atoms with van der Waals surface area (Å²) in [4.78, 5) is 11.7. The van der Waals surface area contributed by atoms with Crippen molar-refractivity contribution in [2.24, 2.45) is 17.6 Å². The monoisotopic (exact) mass is 254 g/mol. The van der Waals surface area contributed by atoms with Gasteiger partial charge in [-0.25, -0.2) is 0 Å². The molecule has 1 amide bonds. The highest BCUT2D eigenvalue weighted by atomic mass is 16.1. The zero-order valence-electron chi connectivity index (χ0n) is 11.9. The lowest BCUT2D eigenvalue weighted by Gasteiger charge is -2.21. The third-order valence-corrected chi connectivity index (χ3v) is 4.10. The van der Waals surface area contributed by atoms with Crippen molar-refractivity contribution >= 4 is 5.91 Å². The number of hydrogen-bond acceptors (Lipinski definition) is 2. The lowest BCUT2D eigenvalue weighted by atomic mass is 9.86. The van der Waals surface area contributed by atoms with Crippen LogP contribution >= 0.6 is 0 Å². The third kappa shape index (κ3) is 7.00. The number of carbonyl (C=O) groups excluding carboxylic acids is 1. The van der Waals surface area contributed by atoms with E-state index in [0.717, 1.165) is 44.7 Å². The highest BCUT2D eigenvalue weighted by Crippen LogP contribution is 2.27. The molecule has 0 aromatic carbocycles. The summed E-state index contributed by atoms with van der Waals surface area (Å²) < 4.78 is 0. The smallest absolute Gasteiger partial charge is 0.220 e. The summed E-state index contributed by atoms with van der Waals surface area (Å²) in [6, 6.07) is 0. The Morgan fingerprint density at radius 2 is 2.06 bits per heavy atom. The summed E-state index contributed by atoms with van der Waals surface area (Å²) in [5.41, 5.74) is 5.56. The average molecular weight is 254 g/mol. The van der Waals surface area contributed by atoms with E-state index in [1.54, 1.807) is 0 Å². The minimum Gasteiger partial charge on any atom is -0.356 e. The number of amides is 1. The van der Waals surface area contributed by atoms with E-state index in [2.05, 4.69) is 12.2 Å². The maximum absolute atomic E-state index is 11.7. The van der Waals surface area contributed by atoms with Crippen molar-refractivity contribution in [2.75, 3.05) is 13.1 Å². The van der Waals surface area contributed by atoms with Gasteiger partial charge in [-0.05, 0) is 37.6 Å². The van der Waals surface area contributed by atoms with Gasteiger partial charge in [0, 0.05) is 13.0 Å². The van der Waals surface area contributed by atoms with E-state index >= 15 is 0 Å². The molecule has 1 atom stereocenters. The molecule has 18 heavy (non-hydrogen) atoms. The van der Waals surface area contributed by atoms with Crippen LogP contribution in [0, 0.1) is 11.8 Å². The van der Waals surface area contributed by atoms with E-state index in [-0.39, 0.29) is 5.91 Å². The van der Waals surface area contributed by atoms with Crippen molar-refractivity contribution in [1.29, 1.82) is 0 Å². The molecule has 0 aliphatic heterocycles. The van der Waals surface area contributed by atoms with Crippen molar-refractivity contribution in [3.8, 4) is 0 Å². The van der Waals surface area contributed by atoms with E-state index in [1.165, 1.54) is 32.1 Å². The number of carbonyl (C=O) groups is 1. The van der Waals surface area contributed by atoms with Gasteiger partial charge in [-0.1, -0.05) is 39.0 Å². The Hall–Kier alpha value is -0.570. The van der Waals surface area contributed by atoms with Gasteiger partial charge in [-0.3, -0.25) is 4.79 Å². The van der Waals surface area contributed by atoms with Gasteiger partial charge < -0.3 is 11.1 Å². The van der Waals surface area contributed by atoms with Crippen LogP contribution < -0.4 is 11.1 Å². The molecule has 0 heterocycles. The van der Waals surface area contributed by atoms with E-state index in [4.69, 9.17) is 5.73 Å². The van der Waals surface area contributed by atoms with Gasteiger partial charge in [0.25, 0.3) is 0 Å². The minimum absolute atomic E-state index is 0.237. The predicted octanol–water partition coefficient (Wildman–Crippen LogP) is 2.84. The second-order valence-corrected chi connectivity index (χ2v) is 5.88. The highest BCUT2D eigenvalue weighted by Gasteiger charge is 2.14. The maximum Gasteiger partial charge on any atom is 0.220 e. The quantitative estimate of drug-likeness (QED) is 0.654. The minimum atomic E-state index is 0.237. The van der Waals surface area contributed by atoms with E-state index in [1.807, 2.05) is 0 Å². The maximum atomic E-state index is 11.7. The normalized spacial score (nSPS) is 18.6. The number of nitrogens with two attached hydrogens (primary N) is 1. The summed E-state index contributed by atoms with van der Waals surface area (Å²) in [5, 5.41) is 3.02. The van der Waals surface area contributed by atoms with Gasteiger partial charge in [-0.15, -0.1) is 0 Å². The second kappa shape index (κ2) is 9.37. The van der Waals surface area contributed by atoms with Crippen molar-refractivity contribution in [2.45, 2.75) is 64.7 Å². The first-order valence-electron chi connectivity index (χ1n) is 7.69. The molecule has 0 spiro atoms. The molecule has 1 aliphatic carbocycles. The van der Waals surface area contributed by atoms with Crippen LogP contribution in [-0.2, 0) is 4.79 Å². The van der Waals surface area contributed by atoms with E-state index < -0.39 is 0 Å². The molecule has 3 N–H and O–H groups in total. The SMILES string of the molecule is CC(CN)CCCNC(=O)CCC1CCCCC1. The lowest BCUT2D eigenvalue weighted by molar-refractivity contribution is -0.121. The Kier molecular flexibility index (Phi) is 8.06. The van der Waals surface area contributed by atoms with Crippen LogP contribution in [0.4, 0.5) is 0 Å². The second-order valence-electron chi connectivity index (χ2n) is 5.88. The summed E-state index contributed by atoms with van der Waals surface area (Å²) in [5.74, 6) is 1.62. The van der Waals surface area contributed by atoms with Gasteiger partial charge in [-0.2, -0.15) is 0 Å². The molecule has 0 aromatic rings. The number of rotatable bonds is 8. The largest absolute Gasteiger partial charge is 0.356 e. The Labute approximate surface area is 112 Å². The van der Waals surface area contributed by atoms with Crippen LogP contribution in [0.3, 0.4) is 0 Å². The number of hydrogen-bond donors (Lipinski definition) is 2. The summed E-state index contributed by atoms with van der Waals surface area (Å²) in [6.45, 7) is 3.72. The lowest BCUT2D eigenvalue weighted by Crippen LogP contribution is -2.25. The molecule has 1 rings (SSSR count). The Morgan fingerprint density at radius 3 is 2.72 bits per heavy atom. The van der Waals surface area contributed by atoms with Crippen LogP contribution in [0.5, 0.6) is 0 Å². The molecule has 3 nitrogen and oxygen atoms in total. The predicted molar refractivity (Wildman–Crippen MR) is 76.3 cm³/mol. The fraction of sp³-hybridized carbons (Fsp3) is 0.933. The van der Waals surface area contributed by atoms with Crippen LogP contribution in [-0.4, -0.2) is 19.0 Å². The molecular formula is C15H30N2O. The van der Waals surface area contributed by atoms with Crippen molar-refractivity contribution in [1.82, 2.24) is 5.32 Å².